The third kappa shape index (κ3) is 1.73. The van der Waals surface area contributed by atoms with Crippen molar-refractivity contribution in [2.24, 2.45) is 0 Å². The van der Waals surface area contributed by atoms with Gasteiger partial charge in [-0.3, -0.25) is 0 Å². The Bertz CT molecular complexity index is 233. The van der Waals surface area contributed by atoms with E-state index in [-0.39, 0.29) is 0 Å². The maximum absolute atomic E-state index is 5.17. The van der Waals surface area contributed by atoms with Crippen molar-refractivity contribution in [3.63, 3.8) is 0 Å². The zero-order valence-electron chi connectivity index (χ0n) is 7.13. The fourth-order valence-electron chi connectivity index (χ4n) is 1.13. The molecule has 11 heavy (non-hydrogen) atoms. The van der Waals surface area contributed by atoms with Crippen molar-refractivity contribution in [3.8, 4) is 0 Å². The number of allylic oxidation sites excluding steroid dienone is 1. The molecule has 0 atom stereocenters. The Balaban J connectivity index is 0.000000281. The first-order valence-corrected chi connectivity index (χ1v) is 4.20. The highest BCUT2D eigenvalue weighted by Gasteiger charge is 2.04. The van der Waals surface area contributed by atoms with Crippen LogP contribution in [-0.4, -0.2) is 0 Å². The normalized spacial score (nSPS) is 13.3. The lowest BCUT2D eigenvalue weighted by Gasteiger charge is -1.99. The minimum atomic E-state index is 1.04. The summed E-state index contributed by atoms with van der Waals surface area (Å²) in [6.45, 7) is 4.00. The van der Waals surface area contributed by atoms with E-state index >= 15 is 0 Å². The van der Waals surface area contributed by atoms with Crippen LogP contribution in [0.15, 0.2) is 22.8 Å². The average Bonchev–Trinajstić information content (AvgIpc) is 2.55. The number of hydrogen-bond acceptors (Lipinski definition) is 1. The largest absolute Gasteiger partial charge is 0.465 e. The van der Waals surface area contributed by atoms with Gasteiger partial charge in [-0.05, 0) is 30.5 Å². The van der Waals surface area contributed by atoms with Crippen LogP contribution in [0.2, 0.25) is 0 Å². The lowest BCUT2D eigenvalue weighted by atomic mass is 10.1. The predicted octanol–water partition coefficient (Wildman–Crippen LogP) is 3.27. The van der Waals surface area contributed by atoms with Gasteiger partial charge in [-0.25, -0.2) is 0 Å². The van der Waals surface area contributed by atoms with Gasteiger partial charge in [0.1, 0.15) is 5.76 Å². The van der Waals surface area contributed by atoms with Gasteiger partial charge in [0.05, 0.1) is 6.26 Å². The molecule has 0 aliphatic heterocycles. The molecule has 0 aromatic carbocycles. The third-order valence-corrected chi connectivity index (χ3v) is 1.63. The Kier molecular flexibility index (Phi) is 2.96. The molecular formula is C10H14O. The molecule has 0 spiro atoms. The summed E-state index contributed by atoms with van der Waals surface area (Å²) in [7, 11) is 0. The van der Waals surface area contributed by atoms with E-state index in [4.69, 9.17) is 4.42 Å². The summed E-state index contributed by atoms with van der Waals surface area (Å²) in [4.78, 5) is 0. The molecule has 1 aromatic rings. The fraction of sp³-hybridized carbons (Fsp3) is 0.400. The van der Waals surface area contributed by atoms with Crippen molar-refractivity contribution in [3.05, 3.63) is 29.7 Å². The first kappa shape index (κ1) is 8.12. The quantitative estimate of drug-likeness (QED) is 0.553. The van der Waals surface area contributed by atoms with Crippen LogP contribution in [0.1, 0.15) is 31.6 Å². The summed E-state index contributed by atoms with van der Waals surface area (Å²) in [6, 6.07) is 2.04. The average molecular weight is 150 g/mol. The highest BCUT2D eigenvalue weighted by molar-refractivity contribution is 5.49. The van der Waals surface area contributed by atoms with E-state index in [0.29, 0.717) is 0 Å². The summed E-state index contributed by atoms with van der Waals surface area (Å²) in [5, 5.41) is 0. The summed E-state index contributed by atoms with van der Waals surface area (Å²) in [6.07, 6.45) is 8.24. The van der Waals surface area contributed by atoms with Crippen molar-refractivity contribution in [2.75, 3.05) is 0 Å². The second-order valence-electron chi connectivity index (χ2n) is 2.25. The maximum atomic E-state index is 5.17. The van der Waals surface area contributed by atoms with Gasteiger partial charge in [0.15, 0.2) is 0 Å². The van der Waals surface area contributed by atoms with Crippen LogP contribution in [0.25, 0.3) is 6.08 Å². The van der Waals surface area contributed by atoms with Gasteiger partial charge in [0.25, 0.3) is 0 Å². The molecule has 0 unspecified atom stereocenters. The second kappa shape index (κ2) is 4.02. The number of rotatable bonds is 0. The third-order valence-electron chi connectivity index (χ3n) is 1.63. The molecule has 0 fully saturated rings. The fourth-order valence-corrected chi connectivity index (χ4v) is 1.13. The summed E-state index contributed by atoms with van der Waals surface area (Å²) < 4.78 is 5.17. The van der Waals surface area contributed by atoms with E-state index in [2.05, 4.69) is 6.08 Å². The van der Waals surface area contributed by atoms with Crippen LogP contribution in [0.3, 0.4) is 0 Å². The molecule has 1 aliphatic rings. The van der Waals surface area contributed by atoms with Crippen molar-refractivity contribution < 1.29 is 4.42 Å². The van der Waals surface area contributed by atoms with Crippen molar-refractivity contribution in [1.82, 2.24) is 0 Å². The van der Waals surface area contributed by atoms with E-state index < -0.39 is 0 Å². The van der Waals surface area contributed by atoms with Gasteiger partial charge in [0, 0.05) is 0 Å². The highest BCUT2D eigenvalue weighted by Crippen LogP contribution is 2.18. The van der Waals surface area contributed by atoms with Gasteiger partial charge in [0.2, 0.25) is 0 Å². The molecule has 0 bridgehead atoms. The molecule has 1 heteroatoms. The zero-order chi connectivity index (χ0) is 8.10. The summed E-state index contributed by atoms with van der Waals surface area (Å²) in [5.74, 6) is 1.04. The predicted molar refractivity (Wildman–Crippen MR) is 47.4 cm³/mol. The Labute approximate surface area is 67.7 Å². The Morgan fingerprint density at radius 2 is 2.18 bits per heavy atom. The molecule has 0 N–H and O–H groups in total. The van der Waals surface area contributed by atoms with E-state index in [9.17, 15) is 0 Å². The number of furan rings is 1. The molecule has 0 saturated carbocycles. The van der Waals surface area contributed by atoms with Crippen LogP contribution in [0.4, 0.5) is 0 Å². The monoisotopic (exact) mass is 150 g/mol. The number of fused-ring (bicyclic) bond motifs is 1. The van der Waals surface area contributed by atoms with Crippen molar-refractivity contribution in [1.29, 1.82) is 0 Å². The maximum Gasteiger partial charge on any atom is 0.129 e. The second-order valence-corrected chi connectivity index (χ2v) is 2.25. The molecule has 0 saturated heterocycles. The van der Waals surface area contributed by atoms with Gasteiger partial charge < -0.3 is 4.42 Å². The molecular weight excluding hydrogens is 136 g/mol. The van der Waals surface area contributed by atoms with Gasteiger partial charge >= 0.3 is 0 Å². The van der Waals surface area contributed by atoms with Crippen LogP contribution >= 0.6 is 0 Å². The van der Waals surface area contributed by atoms with Crippen molar-refractivity contribution >= 4 is 6.08 Å². The minimum Gasteiger partial charge on any atom is -0.465 e. The van der Waals surface area contributed by atoms with Crippen LogP contribution in [0, 0.1) is 0 Å². The number of hydrogen-bond donors (Lipinski definition) is 0. The molecule has 60 valence electrons. The number of aryl methyl sites for hydroxylation is 1. The minimum absolute atomic E-state index is 1.04. The topological polar surface area (TPSA) is 13.1 Å². The summed E-state index contributed by atoms with van der Waals surface area (Å²) >= 11 is 0. The first-order chi connectivity index (χ1) is 5.47. The van der Waals surface area contributed by atoms with Gasteiger partial charge in [-0.1, -0.05) is 19.9 Å². The van der Waals surface area contributed by atoms with Crippen LogP contribution in [0.5, 0.6) is 0 Å². The van der Waals surface area contributed by atoms with Crippen LogP contribution < -0.4 is 0 Å². The molecule has 1 heterocycles. The molecule has 1 aromatic heterocycles. The lowest BCUT2D eigenvalue weighted by molar-refractivity contribution is 0.551. The van der Waals surface area contributed by atoms with Crippen molar-refractivity contribution in [2.45, 2.75) is 26.7 Å². The van der Waals surface area contributed by atoms with Gasteiger partial charge in [-0.2, -0.15) is 0 Å². The molecule has 0 amide bonds. The SMILES string of the molecule is C1=Cc2occc2CC1.CC. The summed E-state index contributed by atoms with van der Waals surface area (Å²) in [5.41, 5.74) is 1.34. The Morgan fingerprint density at radius 3 is 2.91 bits per heavy atom. The highest BCUT2D eigenvalue weighted by atomic mass is 16.3. The van der Waals surface area contributed by atoms with Gasteiger partial charge in [-0.15, -0.1) is 0 Å². The first-order valence-electron chi connectivity index (χ1n) is 4.20. The smallest absolute Gasteiger partial charge is 0.129 e. The molecule has 1 aliphatic carbocycles. The molecule has 0 radical (unpaired) electrons. The molecule has 2 rings (SSSR count). The lowest BCUT2D eigenvalue weighted by Crippen LogP contribution is -1.87. The van der Waals surface area contributed by atoms with Crippen LogP contribution in [-0.2, 0) is 6.42 Å². The Hall–Kier alpha value is -0.980. The zero-order valence-corrected chi connectivity index (χ0v) is 7.13. The molecule has 1 nitrogen and oxygen atoms in total. The van der Waals surface area contributed by atoms with E-state index in [1.165, 1.54) is 5.56 Å². The van der Waals surface area contributed by atoms with E-state index in [0.717, 1.165) is 18.6 Å². The van der Waals surface area contributed by atoms with E-state index in [1.807, 2.05) is 26.0 Å². The van der Waals surface area contributed by atoms with E-state index in [1.54, 1.807) is 6.26 Å². The standard InChI is InChI=1S/C8H8O.C2H6/c1-2-4-8-7(3-1)5-6-9-8;1-2/h2,4-6H,1,3H2;1-2H3. The Morgan fingerprint density at radius 1 is 1.36 bits per heavy atom.